The highest BCUT2D eigenvalue weighted by atomic mass is 16.2. The summed E-state index contributed by atoms with van der Waals surface area (Å²) in [6.07, 6.45) is 6.31. The maximum atomic E-state index is 13.2. The molecule has 2 N–H and O–H groups in total. The summed E-state index contributed by atoms with van der Waals surface area (Å²) in [5, 5.41) is 6.35. The Balaban J connectivity index is 1.35. The molecule has 2 aliphatic rings. The third-order valence-corrected chi connectivity index (χ3v) is 7.13. The van der Waals surface area contributed by atoms with Gasteiger partial charge in [-0.15, -0.1) is 0 Å². The molecule has 6 heteroatoms. The van der Waals surface area contributed by atoms with Gasteiger partial charge < -0.3 is 15.5 Å². The second-order valence-corrected chi connectivity index (χ2v) is 9.49. The SMILES string of the molecule is CCc1ccc(C(=O)N2CCC[C@H](C(=O)N[C@@H]3CCCC[C@H]3NC(=O)c3ccccc3)C2)cc1. The maximum absolute atomic E-state index is 13.2. The first kappa shape index (κ1) is 24.0. The van der Waals surface area contributed by atoms with Crippen LogP contribution in [-0.4, -0.2) is 47.8 Å². The van der Waals surface area contributed by atoms with E-state index in [0.29, 0.717) is 24.2 Å². The number of likely N-dealkylation sites (tertiary alicyclic amines) is 1. The molecule has 2 aromatic rings. The number of carbonyl (C=O) groups is 3. The van der Waals surface area contributed by atoms with Gasteiger partial charge in [-0.05, 0) is 61.9 Å². The van der Waals surface area contributed by atoms with E-state index in [1.54, 1.807) is 12.1 Å². The number of amides is 3. The van der Waals surface area contributed by atoms with E-state index in [2.05, 4.69) is 17.6 Å². The van der Waals surface area contributed by atoms with E-state index in [9.17, 15) is 14.4 Å². The van der Waals surface area contributed by atoms with Crippen LogP contribution >= 0.6 is 0 Å². The number of piperidine rings is 1. The lowest BCUT2D eigenvalue weighted by atomic mass is 9.88. The monoisotopic (exact) mass is 461 g/mol. The topological polar surface area (TPSA) is 78.5 Å². The van der Waals surface area contributed by atoms with Gasteiger partial charge in [-0.1, -0.05) is 50.1 Å². The van der Waals surface area contributed by atoms with Gasteiger partial charge in [-0.25, -0.2) is 0 Å². The predicted molar refractivity (Wildman–Crippen MR) is 133 cm³/mol. The molecular formula is C28H35N3O3. The summed E-state index contributed by atoms with van der Waals surface area (Å²) in [5.74, 6) is -0.342. The van der Waals surface area contributed by atoms with Crippen molar-refractivity contribution in [2.75, 3.05) is 13.1 Å². The number of aryl methyl sites for hydroxylation is 1. The molecule has 3 atom stereocenters. The number of benzene rings is 2. The van der Waals surface area contributed by atoms with E-state index in [1.165, 1.54) is 5.56 Å². The van der Waals surface area contributed by atoms with Gasteiger partial charge in [0.15, 0.2) is 0 Å². The molecule has 0 radical (unpaired) electrons. The zero-order valence-corrected chi connectivity index (χ0v) is 20.0. The van der Waals surface area contributed by atoms with Crippen molar-refractivity contribution in [1.29, 1.82) is 0 Å². The fourth-order valence-corrected chi connectivity index (χ4v) is 5.06. The van der Waals surface area contributed by atoms with Gasteiger partial charge in [0.2, 0.25) is 5.91 Å². The first-order valence-electron chi connectivity index (χ1n) is 12.6. The molecule has 0 unspecified atom stereocenters. The summed E-state index contributed by atoms with van der Waals surface area (Å²) in [6, 6.07) is 16.8. The van der Waals surface area contributed by atoms with Crippen LogP contribution in [-0.2, 0) is 11.2 Å². The Bertz CT molecular complexity index is 990. The molecule has 2 fully saturated rings. The van der Waals surface area contributed by atoms with Crippen LogP contribution in [0, 0.1) is 5.92 Å². The number of hydrogen-bond donors (Lipinski definition) is 2. The predicted octanol–water partition coefficient (Wildman–Crippen LogP) is 3.96. The fourth-order valence-electron chi connectivity index (χ4n) is 5.06. The highest BCUT2D eigenvalue weighted by Crippen LogP contribution is 2.23. The molecule has 1 saturated heterocycles. The van der Waals surface area contributed by atoms with E-state index in [0.717, 1.165) is 44.9 Å². The van der Waals surface area contributed by atoms with Gasteiger partial charge in [-0.2, -0.15) is 0 Å². The molecule has 180 valence electrons. The van der Waals surface area contributed by atoms with E-state index >= 15 is 0 Å². The molecule has 1 aliphatic heterocycles. The Hall–Kier alpha value is -3.15. The van der Waals surface area contributed by atoms with Gasteiger partial charge >= 0.3 is 0 Å². The second-order valence-electron chi connectivity index (χ2n) is 9.49. The molecule has 0 spiro atoms. The lowest BCUT2D eigenvalue weighted by Crippen LogP contribution is -2.55. The summed E-state index contributed by atoms with van der Waals surface area (Å²) in [5.41, 5.74) is 2.51. The second kappa shape index (κ2) is 11.3. The number of carbonyl (C=O) groups excluding carboxylic acids is 3. The summed E-state index contributed by atoms with van der Waals surface area (Å²) in [6.45, 7) is 3.21. The lowest BCUT2D eigenvalue weighted by Gasteiger charge is -2.36. The number of nitrogens with zero attached hydrogens (tertiary/aromatic N) is 1. The van der Waals surface area contributed by atoms with Crippen LogP contribution in [0.3, 0.4) is 0 Å². The molecule has 1 heterocycles. The average Bonchev–Trinajstić information content (AvgIpc) is 2.90. The number of hydrogen-bond acceptors (Lipinski definition) is 3. The Morgan fingerprint density at radius 1 is 0.824 bits per heavy atom. The maximum Gasteiger partial charge on any atom is 0.253 e. The van der Waals surface area contributed by atoms with E-state index in [1.807, 2.05) is 47.4 Å². The van der Waals surface area contributed by atoms with Crippen molar-refractivity contribution in [1.82, 2.24) is 15.5 Å². The molecule has 0 bridgehead atoms. The molecule has 1 saturated carbocycles. The van der Waals surface area contributed by atoms with Gasteiger partial charge in [0.05, 0.1) is 5.92 Å². The first-order chi connectivity index (χ1) is 16.5. The minimum absolute atomic E-state index is 0.00850. The first-order valence-corrected chi connectivity index (χ1v) is 12.6. The van der Waals surface area contributed by atoms with Crippen LogP contribution in [0.15, 0.2) is 54.6 Å². The van der Waals surface area contributed by atoms with Gasteiger partial charge in [0, 0.05) is 36.3 Å². The molecule has 34 heavy (non-hydrogen) atoms. The molecule has 1 aliphatic carbocycles. The van der Waals surface area contributed by atoms with E-state index in [-0.39, 0.29) is 35.7 Å². The van der Waals surface area contributed by atoms with Gasteiger partial charge in [-0.3, -0.25) is 14.4 Å². The molecular weight excluding hydrogens is 426 g/mol. The van der Waals surface area contributed by atoms with Crippen molar-refractivity contribution in [2.45, 2.75) is 64.0 Å². The highest BCUT2D eigenvalue weighted by Gasteiger charge is 2.33. The zero-order valence-electron chi connectivity index (χ0n) is 20.0. The Kier molecular flexibility index (Phi) is 7.99. The van der Waals surface area contributed by atoms with Gasteiger partial charge in [0.1, 0.15) is 0 Å². The van der Waals surface area contributed by atoms with Crippen LogP contribution in [0.4, 0.5) is 0 Å². The fraction of sp³-hybridized carbons (Fsp3) is 0.464. The summed E-state index contributed by atoms with van der Waals surface area (Å²) in [7, 11) is 0. The standard InChI is InChI=1S/C28H35N3O3/c1-2-20-14-16-22(17-15-20)28(34)31-18-8-11-23(19-31)27(33)30-25-13-7-6-12-24(25)29-26(32)21-9-4-3-5-10-21/h3-5,9-10,14-17,23-25H,2,6-8,11-13,18-19H2,1H3,(H,29,32)(H,30,33)/t23-,24+,25+/m0/s1. The van der Waals surface area contributed by atoms with Crippen molar-refractivity contribution in [3.63, 3.8) is 0 Å². The molecule has 2 aromatic carbocycles. The van der Waals surface area contributed by atoms with Crippen LogP contribution in [0.25, 0.3) is 0 Å². The van der Waals surface area contributed by atoms with Gasteiger partial charge in [0.25, 0.3) is 11.8 Å². The van der Waals surface area contributed by atoms with Crippen LogP contribution < -0.4 is 10.6 Å². The molecule has 6 nitrogen and oxygen atoms in total. The van der Waals surface area contributed by atoms with Crippen LogP contribution in [0.5, 0.6) is 0 Å². The highest BCUT2D eigenvalue weighted by molar-refractivity contribution is 5.95. The lowest BCUT2D eigenvalue weighted by molar-refractivity contribution is -0.127. The summed E-state index contributed by atoms with van der Waals surface area (Å²) in [4.78, 5) is 40.7. The van der Waals surface area contributed by atoms with Crippen LogP contribution in [0.1, 0.15) is 71.7 Å². The minimum atomic E-state index is -0.222. The van der Waals surface area contributed by atoms with Crippen molar-refractivity contribution >= 4 is 17.7 Å². The normalized spacial score (nSPS) is 22.6. The van der Waals surface area contributed by atoms with Crippen molar-refractivity contribution in [3.8, 4) is 0 Å². The molecule has 0 aromatic heterocycles. The Morgan fingerprint density at radius 3 is 2.18 bits per heavy atom. The largest absolute Gasteiger partial charge is 0.351 e. The summed E-state index contributed by atoms with van der Waals surface area (Å²) >= 11 is 0. The summed E-state index contributed by atoms with van der Waals surface area (Å²) < 4.78 is 0. The smallest absolute Gasteiger partial charge is 0.253 e. The third-order valence-electron chi connectivity index (χ3n) is 7.13. The number of rotatable bonds is 6. The third kappa shape index (κ3) is 5.85. The quantitative estimate of drug-likeness (QED) is 0.684. The van der Waals surface area contributed by atoms with Crippen molar-refractivity contribution in [2.24, 2.45) is 5.92 Å². The van der Waals surface area contributed by atoms with E-state index in [4.69, 9.17) is 0 Å². The van der Waals surface area contributed by atoms with Crippen LogP contribution in [0.2, 0.25) is 0 Å². The van der Waals surface area contributed by atoms with E-state index < -0.39 is 0 Å². The minimum Gasteiger partial charge on any atom is -0.351 e. The van der Waals surface area contributed by atoms with Crippen molar-refractivity contribution in [3.05, 3.63) is 71.3 Å². The molecule has 3 amide bonds. The molecule has 4 rings (SSSR count). The Morgan fingerprint density at radius 2 is 1.50 bits per heavy atom. The number of nitrogens with one attached hydrogen (secondary N) is 2. The Labute approximate surface area is 202 Å². The van der Waals surface area contributed by atoms with Crippen molar-refractivity contribution < 1.29 is 14.4 Å². The zero-order chi connectivity index (χ0) is 23.9. The average molecular weight is 462 g/mol.